The molecule has 0 spiro atoms. The van der Waals surface area contributed by atoms with E-state index >= 15 is 0 Å². The van der Waals surface area contributed by atoms with Crippen LogP contribution in [-0.2, 0) is 14.4 Å². The van der Waals surface area contributed by atoms with E-state index in [-0.39, 0.29) is 11.3 Å². The smallest absolute Gasteiger partial charge is 0.396 e. The van der Waals surface area contributed by atoms with Crippen LogP contribution in [0.5, 0.6) is 0 Å². The Kier molecular flexibility index (Phi) is 3.73. The zero-order chi connectivity index (χ0) is 13.0. The average Bonchev–Trinajstić information content (AvgIpc) is 2.81. The first-order valence-electron chi connectivity index (χ1n) is 4.42. The molecular formula is C9H9N3O5. The molecule has 1 atom stereocenters. The van der Waals surface area contributed by atoms with Gasteiger partial charge in [-0.05, 0) is 12.1 Å². The highest BCUT2D eigenvalue weighted by molar-refractivity contribution is 6.32. The molecule has 90 valence electrons. The van der Waals surface area contributed by atoms with E-state index in [0.717, 1.165) is 4.57 Å². The van der Waals surface area contributed by atoms with Crippen molar-refractivity contribution in [2.45, 2.75) is 6.04 Å². The molecule has 17 heavy (non-hydrogen) atoms. The monoisotopic (exact) mass is 239 g/mol. The summed E-state index contributed by atoms with van der Waals surface area (Å²) in [7, 11) is 0. The first-order chi connectivity index (χ1) is 7.99. The van der Waals surface area contributed by atoms with Gasteiger partial charge in [-0.25, -0.2) is 10.6 Å². The quantitative estimate of drug-likeness (QED) is 0.165. The van der Waals surface area contributed by atoms with Gasteiger partial charge in [0, 0.05) is 12.4 Å². The van der Waals surface area contributed by atoms with Crippen molar-refractivity contribution in [2.75, 3.05) is 0 Å². The van der Waals surface area contributed by atoms with Crippen LogP contribution < -0.4 is 5.84 Å². The minimum absolute atomic E-state index is 0.0810. The number of aromatic nitrogens is 1. The minimum atomic E-state index is -1.85. The molecule has 1 aromatic rings. The second kappa shape index (κ2) is 5.03. The summed E-state index contributed by atoms with van der Waals surface area (Å²) >= 11 is 0. The Morgan fingerprint density at radius 2 is 1.82 bits per heavy atom. The topological polar surface area (TPSA) is 123 Å². The summed E-state index contributed by atoms with van der Waals surface area (Å²) in [6.45, 7) is 0. The van der Waals surface area contributed by atoms with Crippen molar-refractivity contribution in [3.63, 3.8) is 0 Å². The third-order valence-electron chi connectivity index (χ3n) is 1.96. The van der Waals surface area contributed by atoms with Crippen molar-refractivity contribution in [1.29, 1.82) is 0 Å². The van der Waals surface area contributed by atoms with E-state index < -0.39 is 23.8 Å². The zero-order valence-electron chi connectivity index (χ0n) is 8.52. The minimum Gasteiger partial charge on any atom is -0.474 e. The Balaban J connectivity index is 2.92. The first kappa shape index (κ1) is 12.6. The van der Waals surface area contributed by atoms with Crippen molar-refractivity contribution in [3.8, 4) is 0 Å². The molecule has 0 radical (unpaired) electrons. The van der Waals surface area contributed by atoms with E-state index in [0.29, 0.717) is 0 Å². The van der Waals surface area contributed by atoms with Gasteiger partial charge in [0.25, 0.3) is 5.91 Å². The number of carbonyl (C=O) groups is 4. The van der Waals surface area contributed by atoms with E-state index in [2.05, 4.69) is 0 Å². The molecule has 8 heteroatoms. The van der Waals surface area contributed by atoms with Gasteiger partial charge >= 0.3 is 11.9 Å². The van der Waals surface area contributed by atoms with Gasteiger partial charge in [0.1, 0.15) is 0 Å². The van der Waals surface area contributed by atoms with Gasteiger partial charge in [-0.2, -0.15) is 0 Å². The van der Waals surface area contributed by atoms with Crippen molar-refractivity contribution in [3.05, 3.63) is 24.5 Å². The largest absolute Gasteiger partial charge is 0.474 e. The number of nitrogens with zero attached hydrogens (tertiary/aromatic N) is 2. The third-order valence-corrected chi connectivity index (χ3v) is 1.96. The maximum Gasteiger partial charge on any atom is 0.396 e. The van der Waals surface area contributed by atoms with Gasteiger partial charge in [-0.1, -0.05) is 0 Å². The number of hydrogen-bond donors (Lipinski definition) is 2. The standard InChI is InChI=1S/C9H9N3O5/c10-12(8(15)9(16)17)6(5-13)7(14)11-3-1-2-4-11/h1-6H,10H2,(H,16,17). The van der Waals surface area contributed by atoms with E-state index in [1.807, 2.05) is 0 Å². The first-order valence-corrected chi connectivity index (χ1v) is 4.42. The molecule has 0 aliphatic rings. The van der Waals surface area contributed by atoms with Crippen molar-refractivity contribution < 1.29 is 24.3 Å². The molecule has 0 fully saturated rings. The van der Waals surface area contributed by atoms with Crippen LogP contribution in [0.2, 0.25) is 0 Å². The molecule has 1 heterocycles. The van der Waals surface area contributed by atoms with Gasteiger partial charge in [-0.15, -0.1) is 0 Å². The molecule has 0 saturated heterocycles. The molecule has 0 aliphatic carbocycles. The molecular weight excluding hydrogens is 230 g/mol. The Morgan fingerprint density at radius 1 is 1.29 bits per heavy atom. The summed E-state index contributed by atoms with van der Waals surface area (Å²) in [6, 6.07) is 1.38. The van der Waals surface area contributed by atoms with E-state index in [1.165, 1.54) is 24.5 Å². The van der Waals surface area contributed by atoms with Crippen LogP contribution in [-0.4, -0.2) is 44.8 Å². The van der Waals surface area contributed by atoms with Crippen LogP contribution in [0.15, 0.2) is 24.5 Å². The lowest BCUT2D eigenvalue weighted by Gasteiger charge is -2.19. The van der Waals surface area contributed by atoms with E-state index in [1.54, 1.807) is 0 Å². The SMILES string of the molecule is NN(C(=O)C(=O)O)C(C=O)C(=O)n1cccc1. The number of carbonyl (C=O) groups excluding carboxylic acids is 3. The van der Waals surface area contributed by atoms with E-state index in [4.69, 9.17) is 10.9 Å². The molecule has 3 N–H and O–H groups in total. The number of aliphatic carboxylic acids is 1. The molecule has 0 bridgehead atoms. The van der Waals surface area contributed by atoms with Crippen LogP contribution in [0.4, 0.5) is 0 Å². The number of rotatable bonds is 3. The van der Waals surface area contributed by atoms with Crippen LogP contribution in [0, 0.1) is 0 Å². The predicted octanol–water partition coefficient (Wildman–Crippen LogP) is -1.52. The highest BCUT2D eigenvalue weighted by atomic mass is 16.4. The highest BCUT2D eigenvalue weighted by Crippen LogP contribution is 1.99. The second-order valence-electron chi connectivity index (χ2n) is 3.03. The van der Waals surface area contributed by atoms with Gasteiger partial charge in [0.15, 0.2) is 12.3 Å². The van der Waals surface area contributed by atoms with Crippen molar-refractivity contribution >= 4 is 24.1 Å². The number of nitrogens with two attached hydrogens (primary N) is 1. The Labute approximate surface area is 95.2 Å². The number of aldehydes is 1. The Bertz CT molecular complexity index is 453. The fourth-order valence-electron chi connectivity index (χ4n) is 1.11. The van der Waals surface area contributed by atoms with Gasteiger partial charge in [0.05, 0.1) is 0 Å². The fourth-order valence-corrected chi connectivity index (χ4v) is 1.11. The molecule has 0 aliphatic heterocycles. The summed E-state index contributed by atoms with van der Waals surface area (Å²) in [5.41, 5.74) is 0. The number of amides is 1. The van der Waals surface area contributed by atoms with Crippen LogP contribution >= 0.6 is 0 Å². The number of carboxylic acids is 1. The summed E-state index contributed by atoms with van der Waals surface area (Å²) in [6.07, 6.45) is 2.79. The normalized spacial score (nSPS) is 11.6. The summed E-state index contributed by atoms with van der Waals surface area (Å²) < 4.78 is 1.02. The summed E-state index contributed by atoms with van der Waals surface area (Å²) in [4.78, 5) is 43.7. The number of hydrogen-bond acceptors (Lipinski definition) is 5. The van der Waals surface area contributed by atoms with E-state index in [9.17, 15) is 19.2 Å². The highest BCUT2D eigenvalue weighted by Gasteiger charge is 2.31. The van der Waals surface area contributed by atoms with Crippen LogP contribution in [0.3, 0.4) is 0 Å². The second-order valence-corrected chi connectivity index (χ2v) is 3.03. The zero-order valence-corrected chi connectivity index (χ0v) is 8.52. The maximum atomic E-state index is 11.7. The lowest BCUT2D eigenvalue weighted by Crippen LogP contribution is -2.54. The Morgan fingerprint density at radius 3 is 2.24 bits per heavy atom. The predicted molar refractivity (Wildman–Crippen MR) is 53.6 cm³/mol. The van der Waals surface area contributed by atoms with Crippen molar-refractivity contribution in [1.82, 2.24) is 9.58 Å². The molecule has 1 unspecified atom stereocenters. The molecule has 1 aromatic heterocycles. The lowest BCUT2D eigenvalue weighted by atomic mass is 10.3. The van der Waals surface area contributed by atoms with Gasteiger partial charge < -0.3 is 9.90 Å². The summed E-state index contributed by atoms with van der Waals surface area (Å²) in [5.74, 6) is 0.913. The molecule has 0 saturated carbocycles. The number of carboxylic acid groups (broad SMARTS) is 1. The fraction of sp³-hybridized carbons (Fsp3) is 0.111. The maximum absolute atomic E-state index is 11.7. The van der Waals surface area contributed by atoms with Crippen molar-refractivity contribution in [2.24, 2.45) is 5.84 Å². The molecule has 0 aromatic carbocycles. The van der Waals surface area contributed by atoms with Gasteiger partial charge in [0.2, 0.25) is 0 Å². The molecule has 8 nitrogen and oxygen atoms in total. The summed E-state index contributed by atoms with van der Waals surface area (Å²) in [5, 5.41) is 8.48. The molecule has 1 amide bonds. The lowest BCUT2D eigenvalue weighted by molar-refractivity contribution is -0.157. The molecule has 1 rings (SSSR count). The van der Waals surface area contributed by atoms with Gasteiger partial charge in [-0.3, -0.25) is 19.2 Å². The van der Waals surface area contributed by atoms with Crippen LogP contribution in [0.25, 0.3) is 0 Å². The Hall–Kier alpha value is -2.48. The third kappa shape index (κ3) is 2.55. The van der Waals surface area contributed by atoms with Crippen LogP contribution in [0.1, 0.15) is 4.79 Å². The number of hydrazine groups is 1. The average molecular weight is 239 g/mol.